The van der Waals surface area contributed by atoms with Gasteiger partial charge in [-0.15, -0.1) is 0 Å². The Bertz CT molecular complexity index is 906. The number of rotatable bonds is 3. The van der Waals surface area contributed by atoms with Crippen molar-refractivity contribution in [1.82, 2.24) is 16.1 Å². The minimum atomic E-state index is -4.24. The Hall–Kier alpha value is -0.522. The molecule has 0 fully saturated rings. The zero-order valence-electron chi connectivity index (χ0n) is 14.0. The van der Waals surface area contributed by atoms with Gasteiger partial charge in [0, 0.05) is 52.3 Å². The first kappa shape index (κ1) is 22.8. The largest absolute Gasteiger partial charge is 0.416 e. The van der Waals surface area contributed by atoms with Crippen LogP contribution >= 0.6 is 45.7 Å². The van der Waals surface area contributed by atoms with E-state index in [0.29, 0.717) is 6.54 Å². The Labute approximate surface area is 193 Å². The second-order valence-electron chi connectivity index (χ2n) is 5.39. The Kier molecular flexibility index (Phi) is 8.69. The SMILES string of the molecule is Cn1[nH]c(-c2ccccc2)n[c]1=[Pt].FC(F)(F)c1ccc(CN(I)I)cc1. The average molecular weight is 781 g/mol. The number of H-pyrrole nitrogens is 1. The number of nitrogens with zero attached hydrogens (tertiary/aromatic N) is 3. The van der Waals surface area contributed by atoms with Crippen LogP contribution < -0.4 is 0 Å². The third kappa shape index (κ3) is 7.43. The van der Waals surface area contributed by atoms with Crippen molar-refractivity contribution in [3.05, 3.63) is 69.5 Å². The van der Waals surface area contributed by atoms with E-state index in [1.54, 1.807) is 0 Å². The van der Waals surface area contributed by atoms with Gasteiger partial charge in [0.2, 0.25) is 0 Å². The number of hydrogen-bond acceptors (Lipinski definition) is 2. The summed E-state index contributed by atoms with van der Waals surface area (Å²) in [5.74, 6) is 0.910. The summed E-state index contributed by atoms with van der Waals surface area (Å²) in [7, 11) is 1.95. The summed E-state index contributed by atoms with van der Waals surface area (Å²) in [4.78, 5) is 4.38. The normalized spacial score (nSPS) is 11.3. The summed E-state index contributed by atoms with van der Waals surface area (Å²) in [6, 6.07) is 15.3. The predicted octanol–water partition coefficient (Wildman–Crippen LogP) is 5.70. The van der Waals surface area contributed by atoms with Gasteiger partial charge in [0.1, 0.15) is 0 Å². The molecule has 0 aliphatic heterocycles. The first-order valence-corrected chi connectivity index (χ1v) is 10.6. The average Bonchev–Trinajstić information content (AvgIpc) is 2.94. The van der Waals surface area contributed by atoms with E-state index in [1.165, 1.54) is 12.1 Å². The molecule has 10 heteroatoms. The molecule has 0 aliphatic rings. The number of aromatic amines is 1. The molecule has 148 valence electrons. The van der Waals surface area contributed by atoms with Crippen LogP contribution in [0.1, 0.15) is 11.1 Å². The topological polar surface area (TPSA) is 36.9 Å². The first-order valence-electron chi connectivity index (χ1n) is 7.56. The number of aryl methyl sites for hydroxylation is 1. The molecular formula is C17H15F3I2N4Pt. The van der Waals surface area contributed by atoms with E-state index in [4.69, 9.17) is 0 Å². The molecule has 0 atom stereocenters. The van der Waals surface area contributed by atoms with Crippen LogP contribution in [0.5, 0.6) is 0 Å². The molecule has 1 aromatic heterocycles. The molecule has 1 heterocycles. The van der Waals surface area contributed by atoms with E-state index >= 15 is 0 Å². The minimum absolute atomic E-state index is 0.602. The zero-order valence-corrected chi connectivity index (χ0v) is 20.5. The van der Waals surface area contributed by atoms with Gasteiger partial charge in [-0.25, -0.2) is 0 Å². The van der Waals surface area contributed by atoms with Crippen molar-refractivity contribution >= 4 is 45.7 Å². The molecule has 2 aromatic carbocycles. The molecule has 1 N–H and O–H groups in total. The number of benzene rings is 2. The minimum Gasteiger partial charge on any atom is -0.184 e. The molecule has 0 amide bonds. The molecule has 3 rings (SSSR count). The summed E-state index contributed by atoms with van der Waals surface area (Å²) in [5.41, 5.74) is 1.37. The van der Waals surface area contributed by atoms with Crippen molar-refractivity contribution in [2.24, 2.45) is 7.05 Å². The van der Waals surface area contributed by atoms with Gasteiger partial charge in [-0.05, 0) is 17.7 Å². The first-order chi connectivity index (χ1) is 12.7. The number of halogens is 5. The van der Waals surface area contributed by atoms with Crippen LogP contribution in [0.3, 0.4) is 0 Å². The maximum absolute atomic E-state index is 12.2. The Morgan fingerprint density at radius 2 is 1.67 bits per heavy atom. The maximum Gasteiger partial charge on any atom is 0.416 e. The summed E-state index contributed by atoms with van der Waals surface area (Å²) in [6.45, 7) is 0.624. The molecule has 27 heavy (non-hydrogen) atoms. The molecule has 0 saturated carbocycles. The van der Waals surface area contributed by atoms with E-state index < -0.39 is 11.7 Å². The van der Waals surface area contributed by atoms with Crippen LogP contribution in [0.4, 0.5) is 13.2 Å². The standard InChI is InChI=1S/C9H9N3.C8H6F3I2N.Pt/c1-12-7-10-9(11-12)8-5-3-2-4-6-8;9-8(10,11)7-3-1-6(2-4-7)5-14(12)13;/h2-6H,1H3,(H,10,11);1-4H,5H2;. The van der Waals surface area contributed by atoms with Gasteiger partial charge >= 0.3 is 92.9 Å². The Morgan fingerprint density at radius 1 is 1.07 bits per heavy atom. The van der Waals surface area contributed by atoms with Gasteiger partial charge in [0.05, 0.1) is 5.56 Å². The van der Waals surface area contributed by atoms with Gasteiger partial charge in [-0.3, -0.25) is 0 Å². The van der Waals surface area contributed by atoms with Crippen molar-refractivity contribution in [2.75, 3.05) is 0 Å². The van der Waals surface area contributed by atoms with E-state index in [1.807, 2.05) is 43.4 Å². The van der Waals surface area contributed by atoms with E-state index in [2.05, 4.69) is 75.2 Å². The molecule has 0 bridgehead atoms. The molecule has 0 radical (unpaired) electrons. The van der Waals surface area contributed by atoms with Gasteiger partial charge in [-0.1, -0.05) is 12.1 Å². The van der Waals surface area contributed by atoms with E-state index in [-0.39, 0.29) is 0 Å². The Balaban J connectivity index is 0.000000194. The summed E-state index contributed by atoms with van der Waals surface area (Å²) >= 11 is 6.31. The molecule has 0 saturated heterocycles. The van der Waals surface area contributed by atoms with Gasteiger partial charge in [-0.2, -0.15) is 14.5 Å². The quantitative estimate of drug-likeness (QED) is 0.274. The van der Waals surface area contributed by atoms with Gasteiger partial charge in [0.15, 0.2) is 0 Å². The van der Waals surface area contributed by atoms with Crippen LogP contribution in [0, 0.1) is 3.80 Å². The number of aromatic nitrogens is 3. The van der Waals surface area contributed by atoms with Crippen LogP contribution in [-0.4, -0.2) is 16.1 Å². The van der Waals surface area contributed by atoms with Crippen molar-refractivity contribution in [1.29, 1.82) is 0 Å². The maximum atomic E-state index is 12.2. The fourth-order valence-electron chi connectivity index (χ4n) is 2.05. The Morgan fingerprint density at radius 3 is 2.11 bits per heavy atom. The van der Waals surface area contributed by atoms with E-state index in [9.17, 15) is 13.2 Å². The van der Waals surface area contributed by atoms with Crippen molar-refractivity contribution in [3.63, 3.8) is 0 Å². The molecule has 3 aromatic rings. The van der Waals surface area contributed by atoms with Crippen LogP contribution in [0.25, 0.3) is 11.4 Å². The van der Waals surface area contributed by atoms with Gasteiger partial charge in [0.25, 0.3) is 0 Å². The smallest absolute Gasteiger partial charge is 0.184 e. The second kappa shape index (κ2) is 10.3. The fraction of sp³-hybridized carbons (Fsp3) is 0.176. The summed E-state index contributed by atoms with van der Waals surface area (Å²) < 4.78 is 41.2. The van der Waals surface area contributed by atoms with Crippen molar-refractivity contribution in [2.45, 2.75) is 12.7 Å². The number of hydrogen-bond donors (Lipinski definition) is 1. The molecule has 0 unspecified atom stereocenters. The molecule has 4 nitrogen and oxygen atoms in total. The monoisotopic (exact) mass is 781 g/mol. The third-order valence-corrected chi connectivity index (χ3v) is 5.06. The van der Waals surface area contributed by atoms with E-state index in [0.717, 1.165) is 32.9 Å². The third-order valence-electron chi connectivity index (χ3n) is 3.36. The van der Waals surface area contributed by atoms with Crippen LogP contribution in [0.2, 0.25) is 0 Å². The van der Waals surface area contributed by atoms with Crippen LogP contribution in [0.15, 0.2) is 54.6 Å². The fourth-order valence-corrected chi connectivity index (χ4v) is 3.22. The van der Waals surface area contributed by atoms with Crippen LogP contribution in [-0.2, 0) is 39.1 Å². The summed E-state index contributed by atoms with van der Waals surface area (Å²) in [6.07, 6.45) is -4.24. The molecule has 0 aliphatic carbocycles. The number of nitrogens with one attached hydrogen (secondary N) is 1. The molecule has 0 spiro atoms. The molecular weight excluding hydrogens is 766 g/mol. The van der Waals surface area contributed by atoms with Crippen molar-refractivity contribution in [3.8, 4) is 11.4 Å². The van der Waals surface area contributed by atoms with Gasteiger partial charge < -0.3 is 0 Å². The zero-order chi connectivity index (χ0) is 20.0. The number of alkyl halides is 3. The van der Waals surface area contributed by atoms with Crippen molar-refractivity contribution < 1.29 is 32.5 Å². The second-order valence-corrected chi connectivity index (χ2v) is 10.6. The summed E-state index contributed by atoms with van der Waals surface area (Å²) in [5, 5.41) is 3.16. The predicted molar refractivity (Wildman–Crippen MR) is 111 cm³/mol.